The van der Waals surface area contributed by atoms with Crippen LogP contribution in [0, 0.1) is 21.3 Å². The highest BCUT2D eigenvalue weighted by Crippen LogP contribution is 2.25. The van der Waals surface area contributed by atoms with Gasteiger partial charge in [-0.3, -0.25) is 52.7 Å². The van der Waals surface area contributed by atoms with E-state index in [1.807, 2.05) is 60.6 Å². The van der Waals surface area contributed by atoms with Crippen LogP contribution in [0.25, 0.3) is 0 Å². The average molecular weight is 1370 g/mol. The van der Waals surface area contributed by atoms with Gasteiger partial charge >= 0.3 is 0 Å². The molecule has 2 aliphatic heterocycles. The van der Waals surface area contributed by atoms with Crippen molar-refractivity contribution in [1.82, 2.24) is 55.6 Å². The maximum Gasteiger partial charge on any atom is 0.246 e. The van der Waals surface area contributed by atoms with Crippen LogP contribution in [0.3, 0.4) is 0 Å². The smallest absolute Gasteiger partial charge is 0.246 e. The normalized spacial score (nSPS) is 24.9. The average Bonchev–Trinajstić information content (AvgIpc) is 3.19. The molecule has 9 atom stereocenters. The summed E-state index contributed by atoms with van der Waals surface area (Å²) in [6.07, 6.45) is 2.59. The molecule has 0 aromatic heterocycles. The molecular weight excluding hydrogens is 1270 g/mol. The van der Waals surface area contributed by atoms with E-state index in [2.05, 4.69) is 43.9 Å². The largest absolute Gasteiger partial charge is 0.342 e. The predicted octanol–water partition coefficient (Wildman–Crippen LogP) is 4.82. The van der Waals surface area contributed by atoms with Crippen molar-refractivity contribution in [3.05, 3.63) is 79.9 Å². The van der Waals surface area contributed by atoms with Crippen LogP contribution in [0.5, 0.6) is 0 Å². The summed E-state index contributed by atoms with van der Waals surface area (Å²) in [5, 5.41) is 11.9. The topological polar surface area (TPSA) is 259 Å². The van der Waals surface area contributed by atoms with Gasteiger partial charge in [0, 0.05) is 82.7 Å². The number of nitrogens with zero attached hydrogens (tertiary/aromatic N) is 7. The molecule has 492 valence electrons. The number of hydrogen-bond acceptors (Lipinski definition) is 11. The molecule has 0 aliphatic carbocycles. The van der Waals surface area contributed by atoms with Crippen molar-refractivity contribution < 1.29 is 52.7 Å². The monoisotopic (exact) mass is 1370 g/mol. The summed E-state index contributed by atoms with van der Waals surface area (Å²) in [6, 6.07) is 5.15. The number of rotatable bonds is 12. The molecule has 2 aliphatic rings. The maximum atomic E-state index is 14.8. The zero-order valence-corrected chi connectivity index (χ0v) is 58.1. The molecule has 2 heterocycles. The van der Waals surface area contributed by atoms with Crippen molar-refractivity contribution in [3.8, 4) is 0 Å². The standard InChI is InChI=1S/C65H97ClIN11O11/c1-18-41(8)56-63(88)73(13)37-55(81)78-29-28-50(78)62(87)76(16)52(35-43-23-25-45(66)26-24-43)61(86)72(12)36-53(79)68-48(34-44-20-19-21-46(67)33-44)57(82)69-47(27-22-38(2)3)60(85)77(17)65(10,11)64(89)70-49(30-39(4)5)59(84)74(14)42(9)32-54(80)75(15)51(31-40(6)7)58(83)71-56/h19-26,33,39-42,47-52,56H,18,27-32,34-37H2,1-17H3,(H,68,79)(H,69,82)(H,70,89)(H,71,83)/t41-,42+,47-,48-,49-,50?,51-,52-,56-/m0/s1. The van der Waals surface area contributed by atoms with E-state index in [9.17, 15) is 52.7 Å². The summed E-state index contributed by atoms with van der Waals surface area (Å²) in [5.74, 6) is -7.32. The number of carbonyl (C=O) groups excluding carboxylic acids is 11. The van der Waals surface area contributed by atoms with Crippen LogP contribution < -0.4 is 21.3 Å². The van der Waals surface area contributed by atoms with Crippen LogP contribution >= 0.6 is 34.2 Å². The number of allylic oxidation sites excluding steroid dienone is 1. The third kappa shape index (κ3) is 20.7. The highest BCUT2D eigenvalue weighted by molar-refractivity contribution is 14.1. The summed E-state index contributed by atoms with van der Waals surface area (Å²) in [4.78, 5) is 169. The van der Waals surface area contributed by atoms with Crippen LogP contribution in [-0.4, -0.2) is 215 Å². The number of hydrogen-bond donors (Lipinski definition) is 4. The van der Waals surface area contributed by atoms with Crippen molar-refractivity contribution in [2.75, 3.05) is 61.9 Å². The fraction of sp³-hybridized carbons (Fsp3) is 0.615. The molecule has 0 saturated carbocycles. The second-order valence-corrected chi connectivity index (χ2v) is 27.4. The SMILES string of the molecule is CC[C@H](C)[C@@H]1NC(=O)[C@H](CC(C)C)N(C)C(=O)C[C@@H](C)N(C)C(=O)[C@H](CC(C)C)NC(=O)C(C)(C)N(C)C(=O)[C@H](CC=C(C)C)NC(=O)[C@H](Cc2cccc(I)c2)NC(=O)CN(C)C(=O)[C@H](Cc2ccc(Cl)cc2)N(C)C(=O)C2CCN2C(=O)CN(C)C1=O. The van der Waals surface area contributed by atoms with Crippen LogP contribution in [0.2, 0.25) is 5.02 Å². The number of likely N-dealkylation sites (N-methyl/N-ethyl adjacent to an activating group) is 6. The molecule has 2 aromatic rings. The van der Waals surface area contributed by atoms with Gasteiger partial charge < -0.3 is 55.6 Å². The Balaban J connectivity index is 1.84. The molecule has 11 amide bonds. The molecule has 24 heteroatoms. The van der Waals surface area contributed by atoms with E-state index < -0.39 is 138 Å². The number of fused-ring (bicyclic) bond motifs is 1. The van der Waals surface area contributed by atoms with Crippen molar-refractivity contribution in [1.29, 1.82) is 0 Å². The van der Waals surface area contributed by atoms with E-state index in [1.54, 1.807) is 56.3 Å². The second-order valence-electron chi connectivity index (χ2n) is 25.7. The molecule has 0 bridgehead atoms. The molecule has 89 heavy (non-hydrogen) atoms. The van der Waals surface area contributed by atoms with Crippen molar-refractivity contribution in [3.63, 3.8) is 0 Å². The zero-order valence-electron chi connectivity index (χ0n) is 55.2. The number of carbonyl (C=O) groups is 11. The molecule has 0 radical (unpaired) electrons. The first-order valence-electron chi connectivity index (χ1n) is 30.7. The second kappa shape index (κ2) is 33.4. The molecule has 2 fully saturated rings. The minimum Gasteiger partial charge on any atom is -0.342 e. The zero-order chi connectivity index (χ0) is 67.1. The highest BCUT2D eigenvalue weighted by atomic mass is 127. The van der Waals surface area contributed by atoms with Crippen LogP contribution in [0.4, 0.5) is 0 Å². The van der Waals surface area contributed by atoms with E-state index in [4.69, 9.17) is 11.6 Å². The van der Waals surface area contributed by atoms with Crippen molar-refractivity contribution in [2.24, 2.45) is 17.8 Å². The Hall–Kier alpha value is -6.63. The van der Waals surface area contributed by atoms with Gasteiger partial charge in [0.2, 0.25) is 65.0 Å². The summed E-state index contributed by atoms with van der Waals surface area (Å²) in [7, 11) is 8.72. The molecular formula is C65H97ClIN11O11. The molecule has 2 saturated heterocycles. The van der Waals surface area contributed by atoms with Gasteiger partial charge in [0.25, 0.3) is 0 Å². The third-order valence-corrected chi connectivity index (χ3v) is 18.0. The van der Waals surface area contributed by atoms with Crippen LogP contribution in [0.1, 0.15) is 126 Å². The summed E-state index contributed by atoms with van der Waals surface area (Å²) in [5.41, 5.74) is 0.500. The minimum absolute atomic E-state index is 0.00659. The number of benzene rings is 2. The fourth-order valence-corrected chi connectivity index (χ4v) is 11.3. The maximum absolute atomic E-state index is 14.8. The summed E-state index contributed by atoms with van der Waals surface area (Å²) >= 11 is 8.38. The van der Waals surface area contributed by atoms with E-state index in [1.165, 1.54) is 85.5 Å². The lowest BCUT2D eigenvalue weighted by Crippen LogP contribution is -2.63. The molecule has 1 unspecified atom stereocenters. The van der Waals surface area contributed by atoms with Gasteiger partial charge in [-0.25, -0.2) is 0 Å². The Labute approximate surface area is 545 Å². The van der Waals surface area contributed by atoms with Crippen LogP contribution in [-0.2, 0) is 65.6 Å². The molecule has 2 aromatic carbocycles. The highest BCUT2D eigenvalue weighted by Gasteiger charge is 2.45. The van der Waals surface area contributed by atoms with Gasteiger partial charge in [0.1, 0.15) is 47.8 Å². The lowest BCUT2D eigenvalue weighted by atomic mass is 9.95. The summed E-state index contributed by atoms with van der Waals surface area (Å²) in [6.45, 7) is 18.7. The number of halogens is 2. The van der Waals surface area contributed by atoms with E-state index >= 15 is 0 Å². The van der Waals surface area contributed by atoms with E-state index in [0.29, 0.717) is 22.6 Å². The van der Waals surface area contributed by atoms with Gasteiger partial charge in [-0.2, -0.15) is 0 Å². The Morgan fingerprint density at radius 2 is 1.27 bits per heavy atom. The molecule has 4 rings (SSSR count). The molecule has 0 spiro atoms. The molecule has 4 N–H and O–H groups in total. The third-order valence-electron chi connectivity index (χ3n) is 17.1. The molecule has 22 nitrogen and oxygen atoms in total. The Morgan fingerprint density at radius 3 is 1.83 bits per heavy atom. The van der Waals surface area contributed by atoms with Crippen molar-refractivity contribution in [2.45, 2.75) is 181 Å². The Kier molecular flexibility index (Phi) is 28.1. The van der Waals surface area contributed by atoms with Gasteiger partial charge in [-0.05, 0) is 136 Å². The quantitative estimate of drug-likeness (QED) is 0.165. The Bertz CT molecular complexity index is 2920. The first-order valence-corrected chi connectivity index (χ1v) is 32.2. The van der Waals surface area contributed by atoms with Crippen molar-refractivity contribution >= 4 is 99.2 Å². The first-order chi connectivity index (χ1) is 41.5. The lowest BCUT2D eigenvalue weighted by molar-refractivity contribution is -0.157. The first kappa shape index (κ1) is 74.8. The predicted molar refractivity (Wildman–Crippen MR) is 350 cm³/mol. The minimum atomic E-state index is -1.63. The van der Waals surface area contributed by atoms with Gasteiger partial charge in [-0.15, -0.1) is 0 Å². The van der Waals surface area contributed by atoms with Gasteiger partial charge in [0.15, 0.2) is 0 Å². The van der Waals surface area contributed by atoms with Crippen LogP contribution in [0.15, 0.2) is 60.2 Å². The van der Waals surface area contributed by atoms with E-state index in [0.717, 1.165) is 14.0 Å². The van der Waals surface area contributed by atoms with Gasteiger partial charge in [-0.1, -0.05) is 95.5 Å². The van der Waals surface area contributed by atoms with Gasteiger partial charge in [0.05, 0.1) is 13.1 Å². The fourth-order valence-electron chi connectivity index (χ4n) is 10.6. The lowest BCUT2D eigenvalue weighted by Gasteiger charge is -2.43. The van der Waals surface area contributed by atoms with E-state index in [-0.39, 0.29) is 63.3 Å². The summed E-state index contributed by atoms with van der Waals surface area (Å²) < 4.78 is 0.853. The Morgan fingerprint density at radius 1 is 0.652 bits per heavy atom. The number of nitrogens with one attached hydrogen (secondary N) is 4. The number of amides is 11.